The Kier molecular flexibility index (Phi) is 13.7. The van der Waals surface area contributed by atoms with E-state index in [1.54, 1.807) is 55.8 Å². The van der Waals surface area contributed by atoms with Gasteiger partial charge in [0.25, 0.3) is 11.8 Å². The predicted molar refractivity (Wildman–Crippen MR) is 257 cm³/mol. The molecule has 2 amide bonds. The highest BCUT2D eigenvalue weighted by Gasteiger charge is 2.37. The molecular weight excluding hydrogens is 964 g/mol. The molecule has 0 spiro atoms. The van der Waals surface area contributed by atoms with Crippen molar-refractivity contribution in [2.24, 2.45) is 0 Å². The number of carbonyl (C=O) groups is 2. The van der Waals surface area contributed by atoms with Gasteiger partial charge in [-0.2, -0.15) is 26.3 Å². The molecule has 1 aliphatic heterocycles. The second-order valence-corrected chi connectivity index (χ2v) is 16.7. The first-order valence-electron chi connectivity index (χ1n) is 22.6. The molecule has 378 valence electrons. The number of ether oxygens (including phenoxy) is 1. The molecule has 3 aromatic carbocycles. The van der Waals surface area contributed by atoms with Gasteiger partial charge in [0.05, 0.1) is 75.0 Å². The molecule has 16 nitrogen and oxygen atoms in total. The molecule has 73 heavy (non-hydrogen) atoms. The summed E-state index contributed by atoms with van der Waals surface area (Å²) in [6.07, 6.45) is -3.81. The zero-order chi connectivity index (χ0) is 52.8. The number of carbonyl (C=O) groups excluding carboxylic acids is 2. The van der Waals surface area contributed by atoms with Crippen LogP contribution < -0.4 is 16.2 Å². The van der Waals surface area contributed by atoms with Crippen molar-refractivity contribution in [3.63, 3.8) is 0 Å². The number of nitrogens with two attached hydrogens (primary N) is 2. The molecular formula is C50H46F7N13O3. The molecule has 0 saturated heterocycles. The largest absolute Gasteiger partial charge is 0.491 e. The van der Waals surface area contributed by atoms with E-state index in [-0.39, 0.29) is 53.4 Å². The third-order valence-electron chi connectivity index (χ3n) is 12.2. The summed E-state index contributed by atoms with van der Waals surface area (Å²) in [5, 5.41) is 0.445. The van der Waals surface area contributed by atoms with Crippen molar-refractivity contribution in [3.05, 3.63) is 154 Å². The number of hydrogen-bond donors (Lipinski definition) is 2. The summed E-state index contributed by atoms with van der Waals surface area (Å²) in [6, 6.07) is 13.3. The summed E-state index contributed by atoms with van der Waals surface area (Å²) < 4.78 is 102. The Hall–Kier alpha value is -8.50. The minimum atomic E-state index is -4.56. The zero-order valence-electron chi connectivity index (χ0n) is 40.2. The van der Waals surface area contributed by atoms with Gasteiger partial charge < -0.3 is 26.0 Å². The number of halogens is 7. The van der Waals surface area contributed by atoms with Crippen LogP contribution in [0.15, 0.2) is 91.5 Å². The summed E-state index contributed by atoms with van der Waals surface area (Å²) >= 11 is 0. The third kappa shape index (κ3) is 9.68. The number of nitrogen functional groups attached to an aromatic ring is 2. The summed E-state index contributed by atoms with van der Waals surface area (Å²) in [4.78, 5) is 59.5. The molecule has 7 heterocycles. The quantitative estimate of drug-likeness (QED) is 0.143. The number of pyridine rings is 1. The topological polar surface area (TPSA) is 201 Å². The van der Waals surface area contributed by atoms with Crippen molar-refractivity contribution in [2.45, 2.75) is 72.5 Å². The Morgan fingerprint density at radius 2 is 1.48 bits per heavy atom. The van der Waals surface area contributed by atoms with Crippen LogP contribution in [0, 0.1) is 26.6 Å². The third-order valence-corrected chi connectivity index (χ3v) is 12.2. The summed E-state index contributed by atoms with van der Waals surface area (Å²) in [7, 11) is 1.61. The van der Waals surface area contributed by atoms with Crippen LogP contribution in [-0.2, 0) is 18.9 Å². The lowest BCUT2D eigenvalue weighted by Crippen LogP contribution is -2.35. The molecule has 0 saturated carbocycles. The van der Waals surface area contributed by atoms with Crippen molar-refractivity contribution in [2.75, 3.05) is 25.1 Å². The molecule has 0 bridgehead atoms. The van der Waals surface area contributed by atoms with Gasteiger partial charge in [-0.25, -0.2) is 34.3 Å². The second kappa shape index (κ2) is 19.6. The van der Waals surface area contributed by atoms with Gasteiger partial charge in [-0.3, -0.25) is 23.4 Å². The average molecular weight is 1010 g/mol. The number of rotatable bonds is 7. The van der Waals surface area contributed by atoms with Crippen molar-refractivity contribution < 1.29 is 45.1 Å². The number of imidazole rings is 2. The van der Waals surface area contributed by atoms with Crippen molar-refractivity contribution in [1.29, 1.82) is 0 Å². The van der Waals surface area contributed by atoms with E-state index in [4.69, 9.17) is 16.2 Å². The standard InChI is InChI=1S/C25H20F4N8O.C23H20F3N5O2.C2H6/c1-13(22-31-6-3-7-32-22)36(12-16-5-4-15(10-34-16)25(27,28)29)23(38)17-8-18-20(9-19(17)26)35-24(30)37-14(2)33-11-21(18)37;1-11-20-21(27)29-16-7-4-13(8-17(16)31(20)12(2)28-11)22(32)30(3)18-10-33-19-9-14(23(24,25)26)5-6-15(18)19;1-2/h3-11,13H,12H2,1-2H3,(H2,30,35);4-9,18H,10H2,1-3H3,(H2,27,29);1-2H3/t13-;18-;/m11./s1. The molecule has 0 fully saturated rings. The number of likely N-dealkylation sites (N-methyl/N-ethyl adjacent to an activating group) is 1. The number of hydrogen-bond acceptors (Lipinski definition) is 12. The van der Waals surface area contributed by atoms with Gasteiger partial charge in [0.1, 0.15) is 47.0 Å². The number of benzene rings is 3. The first kappa shape index (κ1) is 50.9. The van der Waals surface area contributed by atoms with Crippen LogP contribution in [0.25, 0.3) is 33.0 Å². The van der Waals surface area contributed by atoms with Gasteiger partial charge in [-0.05, 0) is 82.3 Å². The minimum absolute atomic E-state index is 0.0780. The zero-order valence-corrected chi connectivity index (χ0v) is 40.2. The summed E-state index contributed by atoms with van der Waals surface area (Å²) in [6.45, 7) is 10.9. The maximum atomic E-state index is 15.3. The molecule has 23 heteroatoms. The number of aryl methyl sites for hydroxylation is 3. The first-order valence-corrected chi connectivity index (χ1v) is 22.6. The van der Waals surface area contributed by atoms with E-state index in [2.05, 4.69) is 34.9 Å². The van der Waals surface area contributed by atoms with Gasteiger partial charge in [0.2, 0.25) is 5.95 Å². The van der Waals surface area contributed by atoms with Crippen LogP contribution in [0.3, 0.4) is 0 Å². The Morgan fingerprint density at radius 1 is 0.781 bits per heavy atom. The van der Waals surface area contributed by atoms with E-state index < -0.39 is 47.3 Å². The van der Waals surface area contributed by atoms with E-state index in [1.165, 1.54) is 40.4 Å². The molecule has 1 aliphatic rings. The Labute approximate surface area is 411 Å². The van der Waals surface area contributed by atoms with Crippen LogP contribution in [-0.4, -0.2) is 79.0 Å². The molecule has 9 aromatic rings. The summed E-state index contributed by atoms with van der Waals surface area (Å²) in [5.74, 6) is 0.278. The Balaban J connectivity index is 0.000000190. The van der Waals surface area contributed by atoms with Crippen LogP contribution in [0.1, 0.15) is 99.1 Å². The van der Waals surface area contributed by atoms with Gasteiger partial charge in [-0.15, -0.1) is 0 Å². The highest BCUT2D eigenvalue weighted by atomic mass is 19.4. The normalized spacial score (nSPS) is 13.8. The number of fused-ring (bicyclic) bond motifs is 7. The summed E-state index contributed by atoms with van der Waals surface area (Å²) in [5.41, 5.74) is 14.8. The average Bonchev–Trinajstić information content (AvgIpc) is 4.07. The van der Waals surface area contributed by atoms with Crippen molar-refractivity contribution in [1.82, 2.24) is 53.5 Å². The lowest BCUT2D eigenvalue weighted by molar-refractivity contribution is -0.138. The number of aromatic nitrogens is 9. The Morgan fingerprint density at radius 3 is 2.15 bits per heavy atom. The van der Waals surface area contributed by atoms with E-state index in [1.807, 2.05) is 32.1 Å². The number of nitrogens with zero attached hydrogens (tertiary/aromatic N) is 11. The van der Waals surface area contributed by atoms with Crippen LogP contribution in [0.5, 0.6) is 5.75 Å². The van der Waals surface area contributed by atoms with Gasteiger partial charge in [0.15, 0.2) is 0 Å². The lowest BCUT2D eigenvalue weighted by atomic mass is 10.0. The molecule has 2 atom stereocenters. The van der Waals surface area contributed by atoms with Gasteiger partial charge in [0, 0.05) is 48.2 Å². The van der Waals surface area contributed by atoms with E-state index >= 15 is 4.39 Å². The molecule has 0 unspecified atom stereocenters. The van der Waals surface area contributed by atoms with Crippen LogP contribution in [0.4, 0.5) is 42.5 Å². The predicted octanol–water partition coefficient (Wildman–Crippen LogP) is 9.85. The highest BCUT2D eigenvalue weighted by molar-refractivity contribution is 6.03. The van der Waals surface area contributed by atoms with Crippen LogP contribution in [0.2, 0.25) is 0 Å². The fourth-order valence-electron chi connectivity index (χ4n) is 8.60. The van der Waals surface area contributed by atoms with E-state index in [9.17, 15) is 35.9 Å². The number of amides is 2. The fraction of sp³-hybridized carbons (Fsp3) is 0.260. The number of alkyl halides is 6. The smallest absolute Gasteiger partial charge is 0.417 e. The monoisotopic (exact) mass is 1010 g/mol. The van der Waals surface area contributed by atoms with Crippen molar-refractivity contribution in [3.8, 4) is 5.75 Å². The highest BCUT2D eigenvalue weighted by Crippen LogP contribution is 2.41. The van der Waals surface area contributed by atoms with E-state index in [0.717, 1.165) is 35.8 Å². The van der Waals surface area contributed by atoms with E-state index in [0.29, 0.717) is 56.4 Å². The maximum Gasteiger partial charge on any atom is 0.417 e. The number of anilines is 2. The van der Waals surface area contributed by atoms with Gasteiger partial charge >= 0.3 is 12.4 Å². The molecule has 0 aliphatic carbocycles. The molecule has 6 aromatic heterocycles. The fourth-order valence-corrected chi connectivity index (χ4v) is 8.60. The molecule has 10 rings (SSSR count). The Bertz CT molecular complexity index is 3560. The first-order chi connectivity index (χ1) is 34.6. The minimum Gasteiger partial charge on any atom is -0.491 e. The van der Waals surface area contributed by atoms with Crippen molar-refractivity contribution >= 4 is 56.6 Å². The maximum absolute atomic E-state index is 15.3. The molecule has 4 N–H and O–H groups in total. The lowest BCUT2D eigenvalue weighted by Gasteiger charge is -2.28. The van der Waals surface area contributed by atoms with Gasteiger partial charge in [-0.1, -0.05) is 19.9 Å². The van der Waals surface area contributed by atoms with Crippen LogP contribution >= 0.6 is 0 Å². The SMILES string of the molecule is CC.Cc1nc(C)n2c1c(N)nc1ccc(C(=O)N(C)[C@@H]3COc4cc(C(F)(F)F)ccc43)cc12.Cc1ncc2c3cc(C(=O)N(Cc4ccc(C(F)(F)F)cn4)[C@H](C)c4ncccn4)c(F)cc3nc(N)n12. The second-order valence-electron chi connectivity index (χ2n) is 16.7. The molecule has 0 radical (unpaired) electrons.